The Labute approximate surface area is 107 Å². The first kappa shape index (κ1) is 13.3. The number of methoxy groups -OCH3 is 2. The molecule has 0 aromatic carbocycles. The van der Waals surface area contributed by atoms with E-state index >= 15 is 0 Å². The number of hydrogen-bond donors (Lipinski definition) is 0. The minimum atomic E-state index is -0.392. The van der Waals surface area contributed by atoms with E-state index in [0.29, 0.717) is 19.4 Å². The fourth-order valence-electron chi connectivity index (χ4n) is 2.85. The number of carbonyl (C=O) groups is 2. The van der Waals surface area contributed by atoms with Crippen LogP contribution in [0.2, 0.25) is 0 Å². The van der Waals surface area contributed by atoms with Crippen LogP contribution in [0, 0.1) is 0 Å². The van der Waals surface area contributed by atoms with Gasteiger partial charge in [0.25, 0.3) is 0 Å². The highest BCUT2D eigenvalue weighted by Crippen LogP contribution is 2.39. The summed E-state index contributed by atoms with van der Waals surface area (Å²) in [7, 11) is 3.03. The van der Waals surface area contributed by atoms with Crippen LogP contribution in [0.1, 0.15) is 38.5 Å². The Kier molecular flexibility index (Phi) is 3.90. The lowest BCUT2D eigenvalue weighted by molar-refractivity contribution is -0.155. The van der Waals surface area contributed by atoms with Crippen molar-refractivity contribution in [3.8, 4) is 0 Å². The number of rotatable bonds is 4. The monoisotopic (exact) mass is 255 g/mol. The standard InChI is InChI=1S/C13H21NO4/c1-17-12(16)10-5-3-8-14(10)11(15)9-13(18-2)6-4-7-13/h10H,3-9H2,1-2H3. The summed E-state index contributed by atoms with van der Waals surface area (Å²) < 4.78 is 10.2. The summed E-state index contributed by atoms with van der Waals surface area (Å²) in [5, 5.41) is 0. The van der Waals surface area contributed by atoms with E-state index in [1.807, 2.05) is 0 Å². The molecule has 1 unspecified atom stereocenters. The molecule has 0 aromatic heterocycles. The second-order valence-corrected chi connectivity index (χ2v) is 5.19. The quantitative estimate of drug-likeness (QED) is 0.706. The number of nitrogens with zero attached hydrogens (tertiary/aromatic N) is 1. The highest BCUT2D eigenvalue weighted by Gasteiger charge is 2.43. The van der Waals surface area contributed by atoms with Crippen LogP contribution in [0.15, 0.2) is 0 Å². The van der Waals surface area contributed by atoms with E-state index in [-0.39, 0.29) is 17.5 Å². The molecule has 5 heteroatoms. The Morgan fingerprint density at radius 3 is 2.50 bits per heavy atom. The van der Waals surface area contributed by atoms with Gasteiger partial charge in [-0.05, 0) is 32.1 Å². The Morgan fingerprint density at radius 2 is 2.00 bits per heavy atom. The molecule has 1 atom stereocenters. The maximum atomic E-state index is 12.3. The number of ether oxygens (including phenoxy) is 2. The first-order chi connectivity index (χ1) is 8.62. The zero-order valence-corrected chi connectivity index (χ0v) is 11.1. The van der Waals surface area contributed by atoms with Crippen molar-refractivity contribution in [2.75, 3.05) is 20.8 Å². The zero-order valence-electron chi connectivity index (χ0n) is 11.1. The molecule has 1 heterocycles. The van der Waals surface area contributed by atoms with E-state index in [0.717, 1.165) is 25.7 Å². The highest BCUT2D eigenvalue weighted by atomic mass is 16.5. The van der Waals surface area contributed by atoms with E-state index < -0.39 is 6.04 Å². The van der Waals surface area contributed by atoms with Crippen LogP contribution < -0.4 is 0 Å². The maximum absolute atomic E-state index is 12.3. The third kappa shape index (κ3) is 2.36. The second-order valence-electron chi connectivity index (χ2n) is 5.19. The molecule has 0 bridgehead atoms. The molecule has 102 valence electrons. The van der Waals surface area contributed by atoms with Crippen LogP contribution in [-0.4, -0.2) is 49.2 Å². The van der Waals surface area contributed by atoms with Crippen LogP contribution in [0.5, 0.6) is 0 Å². The summed E-state index contributed by atoms with van der Waals surface area (Å²) in [5.41, 5.74) is -0.277. The fraction of sp³-hybridized carbons (Fsp3) is 0.846. The molecular weight excluding hydrogens is 234 g/mol. The molecule has 0 radical (unpaired) electrons. The Hall–Kier alpha value is -1.10. The molecule has 0 spiro atoms. The molecule has 1 amide bonds. The minimum Gasteiger partial charge on any atom is -0.467 e. The van der Waals surface area contributed by atoms with Gasteiger partial charge in [0.15, 0.2) is 0 Å². The van der Waals surface area contributed by atoms with Crippen molar-refractivity contribution in [1.82, 2.24) is 4.90 Å². The average Bonchev–Trinajstić information content (AvgIpc) is 2.81. The number of carbonyl (C=O) groups excluding carboxylic acids is 2. The third-order valence-corrected chi connectivity index (χ3v) is 4.22. The van der Waals surface area contributed by atoms with Crippen molar-refractivity contribution in [2.45, 2.75) is 50.2 Å². The van der Waals surface area contributed by atoms with E-state index in [1.165, 1.54) is 7.11 Å². The Balaban J connectivity index is 1.97. The molecule has 0 N–H and O–H groups in total. The molecule has 2 fully saturated rings. The first-order valence-corrected chi connectivity index (χ1v) is 6.54. The van der Waals surface area contributed by atoms with Gasteiger partial charge >= 0.3 is 5.97 Å². The molecule has 2 rings (SSSR count). The predicted molar refractivity (Wildman–Crippen MR) is 65.0 cm³/mol. The van der Waals surface area contributed by atoms with Crippen LogP contribution in [0.25, 0.3) is 0 Å². The smallest absolute Gasteiger partial charge is 0.328 e. The lowest BCUT2D eigenvalue weighted by Crippen LogP contribution is -2.48. The zero-order chi connectivity index (χ0) is 13.2. The number of amides is 1. The van der Waals surface area contributed by atoms with Gasteiger partial charge < -0.3 is 14.4 Å². The fourth-order valence-corrected chi connectivity index (χ4v) is 2.85. The third-order valence-electron chi connectivity index (χ3n) is 4.22. The summed E-state index contributed by atoms with van der Waals surface area (Å²) in [6.45, 7) is 0.651. The summed E-state index contributed by atoms with van der Waals surface area (Å²) in [6.07, 6.45) is 4.94. The second kappa shape index (κ2) is 5.26. The van der Waals surface area contributed by atoms with Crippen molar-refractivity contribution >= 4 is 11.9 Å². The Bertz CT molecular complexity index is 332. The Morgan fingerprint density at radius 1 is 1.28 bits per heavy atom. The topological polar surface area (TPSA) is 55.8 Å². The molecule has 1 aliphatic heterocycles. The summed E-state index contributed by atoms with van der Waals surface area (Å²) >= 11 is 0. The van der Waals surface area contributed by atoms with Crippen LogP contribution >= 0.6 is 0 Å². The molecular formula is C13H21NO4. The van der Waals surface area contributed by atoms with Crippen molar-refractivity contribution in [3.05, 3.63) is 0 Å². The van der Waals surface area contributed by atoms with Crippen molar-refractivity contribution < 1.29 is 19.1 Å². The molecule has 1 saturated heterocycles. The summed E-state index contributed by atoms with van der Waals surface area (Å²) in [5.74, 6) is -0.287. The van der Waals surface area contributed by atoms with Crippen molar-refractivity contribution in [2.24, 2.45) is 0 Å². The van der Waals surface area contributed by atoms with E-state index in [4.69, 9.17) is 9.47 Å². The van der Waals surface area contributed by atoms with Crippen LogP contribution in [-0.2, 0) is 19.1 Å². The summed E-state index contributed by atoms with van der Waals surface area (Å²) in [6, 6.07) is -0.392. The largest absolute Gasteiger partial charge is 0.467 e. The van der Waals surface area contributed by atoms with Gasteiger partial charge in [0.05, 0.1) is 19.1 Å². The number of likely N-dealkylation sites (tertiary alicyclic amines) is 1. The van der Waals surface area contributed by atoms with Gasteiger partial charge in [0, 0.05) is 13.7 Å². The van der Waals surface area contributed by atoms with E-state index in [2.05, 4.69) is 0 Å². The lowest BCUT2D eigenvalue weighted by atomic mass is 9.77. The number of esters is 1. The van der Waals surface area contributed by atoms with Gasteiger partial charge in [-0.2, -0.15) is 0 Å². The van der Waals surface area contributed by atoms with Gasteiger partial charge in [0.2, 0.25) is 5.91 Å². The molecule has 18 heavy (non-hydrogen) atoms. The maximum Gasteiger partial charge on any atom is 0.328 e. The molecule has 0 aromatic rings. The predicted octanol–water partition coefficient (Wildman–Crippen LogP) is 1.11. The van der Waals surface area contributed by atoms with Gasteiger partial charge in [-0.3, -0.25) is 4.79 Å². The first-order valence-electron chi connectivity index (χ1n) is 6.54. The molecule has 1 saturated carbocycles. The lowest BCUT2D eigenvalue weighted by Gasteiger charge is -2.41. The van der Waals surface area contributed by atoms with Crippen molar-refractivity contribution in [1.29, 1.82) is 0 Å². The van der Waals surface area contributed by atoms with Crippen molar-refractivity contribution in [3.63, 3.8) is 0 Å². The number of hydrogen-bond acceptors (Lipinski definition) is 4. The summed E-state index contributed by atoms with van der Waals surface area (Å²) in [4.78, 5) is 25.5. The highest BCUT2D eigenvalue weighted by molar-refractivity contribution is 5.85. The van der Waals surface area contributed by atoms with Crippen LogP contribution in [0.4, 0.5) is 0 Å². The normalized spacial score (nSPS) is 25.7. The molecule has 2 aliphatic rings. The molecule has 1 aliphatic carbocycles. The average molecular weight is 255 g/mol. The minimum absolute atomic E-state index is 0.0180. The van der Waals surface area contributed by atoms with Gasteiger partial charge in [-0.1, -0.05) is 0 Å². The van der Waals surface area contributed by atoms with Gasteiger partial charge in [-0.15, -0.1) is 0 Å². The van der Waals surface area contributed by atoms with Gasteiger partial charge in [0.1, 0.15) is 6.04 Å². The van der Waals surface area contributed by atoms with Gasteiger partial charge in [-0.25, -0.2) is 4.79 Å². The van der Waals surface area contributed by atoms with E-state index in [9.17, 15) is 9.59 Å². The SMILES string of the molecule is COC(=O)C1CCCN1C(=O)CC1(OC)CCC1. The van der Waals surface area contributed by atoms with Crippen LogP contribution in [0.3, 0.4) is 0 Å². The van der Waals surface area contributed by atoms with E-state index in [1.54, 1.807) is 12.0 Å². The molecule has 5 nitrogen and oxygen atoms in total.